The van der Waals surface area contributed by atoms with Gasteiger partial charge in [0.2, 0.25) is 0 Å². The molecule has 1 heterocycles. The Labute approximate surface area is 114 Å². The summed E-state index contributed by atoms with van der Waals surface area (Å²) in [6.07, 6.45) is 0. The summed E-state index contributed by atoms with van der Waals surface area (Å²) in [5.74, 6) is 2.96. The van der Waals surface area contributed by atoms with Gasteiger partial charge in [0, 0.05) is 30.2 Å². The van der Waals surface area contributed by atoms with Gasteiger partial charge in [-0.25, -0.2) is 0 Å². The second-order valence-corrected chi connectivity index (χ2v) is 7.00. The number of nitrogens with one attached hydrogen (secondary N) is 1. The van der Waals surface area contributed by atoms with Gasteiger partial charge in [0.15, 0.2) is 0 Å². The van der Waals surface area contributed by atoms with Crippen molar-refractivity contribution in [3.8, 4) is 0 Å². The molecule has 0 bridgehead atoms. The Morgan fingerprint density at radius 3 is 2.17 bits per heavy atom. The van der Waals surface area contributed by atoms with Crippen LogP contribution in [0, 0.1) is 5.41 Å². The van der Waals surface area contributed by atoms with E-state index in [0.717, 1.165) is 30.2 Å². The van der Waals surface area contributed by atoms with Crippen LogP contribution in [-0.2, 0) is 5.41 Å². The molecule has 1 fully saturated rings. The molecule has 1 aromatic carbocycles. The van der Waals surface area contributed by atoms with Gasteiger partial charge in [-0.05, 0) is 11.0 Å². The smallest absolute Gasteiger partial charge is 0.128 e. The van der Waals surface area contributed by atoms with Crippen LogP contribution in [0.15, 0.2) is 24.3 Å². The molecular formula is C15H22N2S. The summed E-state index contributed by atoms with van der Waals surface area (Å²) in [7, 11) is 0. The van der Waals surface area contributed by atoms with E-state index in [-0.39, 0.29) is 5.41 Å². The van der Waals surface area contributed by atoms with Crippen molar-refractivity contribution in [3.05, 3.63) is 35.4 Å². The van der Waals surface area contributed by atoms with Gasteiger partial charge in [-0.2, -0.15) is 11.8 Å². The second kappa shape index (κ2) is 5.35. The molecule has 2 rings (SSSR count). The van der Waals surface area contributed by atoms with Crippen LogP contribution in [0.1, 0.15) is 31.9 Å². The molecule has 0 amide bonds. The summed E-state index contributed by atoms with van der Waals surface area (Å²) in [6, 6.07) is 8.49. The first-order valence-electron chi connectivity index (χ1n) is 6.50. The zero-order chi connectivity index (χ0) is 13.2. The second-order valence-electron chi connectivity index (χ2n) is 5.78. The number of rotatable bonds is 1. The molecule has 1 aliphatic rings. The highest BCUT2D eigenvalue weighted by Gasteiger charge is 2.17. The SMILES string of the molecule is CC(C)(C)c1ccc(C(=N)N2CCSCC2)cc1. The average molecular weight is 262 g/mol. The van der Waals surface area contributed by atoms with Crippen LogP contribution in [0.3, 0.4) is 0 Å². The van der Waals surface area contributed by atoms with Crippen LogP contribution in [0.25, 0.3) is 0 Å². The van der Waals surface area contributed by atoms with E-state index in [0.29, 0.717) is 5.84 Å². The molecule has 3 heteroatoms. The van der Waals surface area contributed by atoms with Gasteiger partial charge in [-0.15, -0.1) is 0 Å². The van der Waals surface area contributed by atoms with Crippen LogP contribution in [0.2, 0.25) is 0 Å². The fourth-order valence-electron chi connectivity index (χ4n) is 2.10. The Morgan fingerprint density at radius 1 is 1.11 bits per heavy atom. The lowest BCUT2D eigenvalue weighted by Crippen LogP contribution is -2.37. The highest BCUT2D eigenvalue weighted by molar-refractivity contribution is 7.99. The molecule has 1 saturated heterocycles. The van der Waals surface area contributed by atoms with Gasteiger partial charge in [0.1, 0.15) is 5.84 Å². The predicted octanol–water partition coefficient (Wildman–Crippen LogP) is 3.36. The third-order valence-corrected chi connectivity index (χ3v) is 4.29. The van der Waals surface area contributed by atoms with Crippen LogP contribution in [-0.4, -0.2) is 35.3 Å². The van der Waals surface area contributed by atoms with E-state index in [9.17, 15) is 0 Å². The minimum atomic E-state index is 0.183. The molecule has 1 N–H and O–H groups in total. The maximum absolute atomic E-state index is 8.27. The molecule has 0 aromatic heterocycles. The summed E-state index contributed by atoms with van der Waals surface area (Å²) in [5.41, 5.74) is 2.55. The molecular weight excluding hydrogens is 240 g/mol. The largest absolute Gasteiger partial charge is 0.355 e. The van der Waals surface area contributed by atoms with Gasteiger partial charge in [0.25, 0.3) is 0 Å². The number of hydrogen-bond acceptors (Lipinski definition) is 2. The van der Waals surface area contributed by atoms with E-state index >= 15 is 0 Å². The minimum Gasteiger partial charge on any atom is -0.355 e. The maximum Gasteiger partial charge on any atom is 0.128 e. The van der Waals surface area contributed by atoms with Crippen LogP contribution in [0.5, 0.6) is 0 Å². The maximum atomic E-state index is 8.27. The number of amidine groups is 1. The number of benzene rings is 1. The molecule has 98 valence electrons. The summed E-state index contributed by atoms with van der Waals surface area (Å²) in [6.45, 7) is 8.66. The first-order valence-corrected chi connectivity index (χ1v) is 7.66. The Balaban J connectivity index is 2.11. The van der Waals surface area contributed by atoms with E-state index < -0.39 is 0 Å². The van der Waals surface area contributed by atoms with Crippen molar-refractivity contribution in [1.29, 1.82) is 5.41 Å². The summed E-state index contributed by atoms with van der Waals surface area (Å²) >= 11 is 1.98. The van der Waals surface area contributed by atoms with Crippen LogP contribution < -0.4 is 0 Å². The molecule has 18 heavy (non-hydrogen) atoms. The van der Waals surface area contributed by atoms with E-state index in [4.69, 9.17) is 5.41 Å². The van der Waals surface area contributed by atoms with Gasteiger partial charge in [-0.1, -0.05) is 45.0 Å². The number of nitrogens with zero attached hydrogens (tertiary/aromatic N) is 1. The molecule has 0 saturated carbocycles. The summed E-state index contributed by atoms with van der Waals surface area (Å²) < 4.78 is 0. The standard InChI is InChI=1S/C15H22N2S/c1-15(2,3)13-6-4-12(5-7-13)14(16)17-8-10-18-11-9-17/h4-7,16H,8-11H2,1-3H3. The highest BCUT2D eigenvalue weighted by Crippen LogP contribution is 2.22. The van der Waals surface area contributed by atoms with Crippen molar-refractivity contribution in [2.45, 2.75) is 26.2 Å². The lowest BCUT2D eigenvalue weighted by molar-refractivity contribution is 0.461. The number of hydrogen-bond donors (Lipinski definition) is 1. The molecule has 1 aliphatic heterocycles. The fraction of sp³-hybridized carbons (Fsp3) is 0.533. The topological polar surface area (TPSA) is 27.1 Å². The Kier molecular flexibility index (Phi) is 4.00. The normalized spacial score (nSPS) is 16.7. The summed E-state index contributed by atoms with van der Waals surface area (Å²) in [5, 5.41) is 8.27. The van der Waals surface area contributed by atoms with Crippen molar-refractivity contribution >= 4 is 17.6 Å². The average Bonchev–Trinajstić information content (AvgIpc) is 2.38. The van der Waals surface area contributed by atoms with Gasteiger partial charge < -0.3 is 4.90 Å². The van der Waals surface area contributed by atoms with E-state index in [2.05, 4.69) is 49.9 Å². The van der Waals surface area contributed by atoms with Crippen molar-refractivity contribution in [2.75, 3.05) is 24.6 Å². The monoisotopic (exact) mass is 262 g/mol. The minimum absolute atomic E-state index is 0.183. The zero-order valence-electron chi connectivity index (χ0n) is 11.5. The molecule has 0 aliphatic carbocycles. The lowest BCUT2D eigenvalue weighted by Gasteiger charge is -2.29. The van der Waals surface area contributed by atoms with Crippen LogP contribution >= 0.6 is 11.8 Å². The van der Waals surface area contributed by atoms with Crippen LogP contribution in [0.4, 0.5) is 0 Å². The molecule has 1 aromatic rings. The first-order chi connectivity index (χ1) is 8.48. The first kappa shape index (κ1) is 13.5. The molecule has 2 nitrogen and oxygen atoms in total. The Hall–Kier alpha value is -0.960. The third kappa shape index (κ3) is 3.08. The fourth-order valence-corrected chi connectivity index (χ4v) is 3.00. The molecule has 0 radical (unpaired) electrons. The van der Waals surface area contributed by atoms with Gasteiger partial charge in [-0.3, -0.25) is 5.41 Å². The van der Waals surface area contributed by atoms with Crippen molar-refractivity contribution < 1.29 is 0 Å². The lowest BCUT2D eigenvalue weighted by atomic mass is 9.86. The molecule has 0 unspecified atom stereocenters. The van der Waals surface area contributed by atoms with Gasteiger partial charge in [0.05, 0.1) is 0 Å². The predicted molar refractivity (Wildman–Crippen MR) is 80.9 cm³/mol. The Morgan fingerprint density at radius 2 is 1.67 bits per heavy atom. The third-order valence-electron chi connectivity index (χ3n) is 3.35. The van der Waals surface area contributed by atoms with E-state index in [1.54, 1.807) is 0 Å². The Bertz CT molecular complexity index is 411. The van der Waals surface area contributed by atoms with E-state index in [1.165, 1.54) is 5.56 Å². The van der Waals surface area contributed by atoms with Gasteiger partial charge >= 0.3 is 0 Å². The number of thioether (sulfide) groups is 1. The molecule has 0 spiro atoms. The quantitative estimate of drug-likeness (QED) is 0.620. The van der Waals surface area contributed by atoms with E-state index in [1.807, 2.05) is 11.8 Å². The van der Waals surface area contributed by atoms with Crippen molar-refractivity contribution in [3.63, 3.8) is 0 Å². The highest BCUT2D eigenvalue weighted by atomic mass is 32.2. The molecule has 0 atom stereocenters. The summed E-state index contributed by atoms with van der Waals surface area (Å²) in [4.78, 5) is 2.18. The van der Waals surface area contributed by atoms with Crippen molar-refractivity contribution in [1.82, 2.24) is 4.90 Å². The zero-order valence-corrected chi connectivity index (χ0v) is 12.3. The van der Waals surface area contributed by atoms with Crippen molar-refractivity contribution in [2.24, 2.45) is 0 Å².